The van der Waals surface area contributed by atoms with Gasteiger partial charge in [-0.15, -0.1) is 0 Å². The zero-order valence-corrected chi connectivity index (χ0v) is 14.7. The Bertz CT molecular complexity index is 274. The second kappa shape index (κ2) is 16.5. The molecule has 0 saturated carbocycles. The summed E-state index contributed by atoms with van der Waals surface area (Å²) in [4.78, 5) is 11.0. The van der Waals surface area contributed by atoms with Crippen LogP contribution in [0.25, 0.3) is 0 Å². The number of esters is 1. The molecule has 0 aliphatic heterocycles. The maximum atomic E-state index is 11.0. The normalized spacial score (nSPS) is 12.7. The summed E-state index contributed by atoms with van der Waals surface area (Å²) in [5, 5.41) is 9.35. The molecule has 0 amide bonds. The smallest absolute Gasteiger partial charge is 0.338 e. The van der Waals surface area contributed by atoms with Gasteiger partial charge in [-0.25, -0.2) is 4.79 Å². The van der Waals surface area contributed by atoms with Gasteiger partial charge in [0.2, 0.25) is 0 Å². The van der Waals surface area contributed by atoms with Crippen LogP contribution in [0, 0.1) is 0 Å². The van der Waals surface area contributed by atoms with E-state index in [1.165, 1.54) is 83.8 Å². The van der Waals surface area contributed by atoms with E-state index in [2.05, 4.69) is 11.7 Å². The van der Waals surface area contributed by atoms with Crippen molar-refractivity contribution < 1.29 is 14.6 Å². The zero-order chi connectivity index (χ0) is 16.5. The van der Waals surface area contributed by atoms with Crippen LogP contribution in [0.2, 0.25) is 0 Å². The van der Waals surface area contributed by atoms with E-state index >= 15 is 0 Å². The third-order valence-electron chi connectivity index (χ3n) is 3.99. The molecule has 130 valence electrons. The molecular formula is C19H36O3. The van der Waals surface area contributed by atoms with E-state index in [1.54, 1.807) is 0 Å². The molecule has 3 nitrogen and oxygen atoms in total. The van der Waals surface area contributed by atoms with Gasteiger partial charge in [-0.05, 0) is 18.9 Å². The molecule has 0 bridgehead atoms. The van der Waals surface area contributed by atoms with Gasteiger partial charge in [-0.1, -0.05) is 83.6 Å². The lowest BCUT2D eigenvalue weighted by Crippen LogP contribution is -2.18. The quantitative estimate of drug-likeness (QED) is 0.258. The number of carbonyl (C=O) groups excluding carboxylic acids is 1. The van der Waals surface area contributed by atoms with Crippen molar-refractivity contribution in [2.45, 2.75) is 96.5 Å². The molecule has 0 aliphatic carbocycles. The van der Waals surface area contributed by atoms with E-state index < -0.39 is 12.1 Å². The van der Waals surface area contributed by atoms with Gasteiger partial charge in [0.1, 0.15) is 0 Å². The molecule has 3 heteroatoms. The van der Waals surface area contributed by atoms with Crippen LogP contribution < -0.4 is 0 Å². The van der Waals surface area contributed by atoms with E-state index in [0.717, 1.165) is 12.8 Å². The molecule has 0 heterocycles. The van der Waals surface area contributed by atoms with Crippen molar-refractivity contribution in [1.82, 2.24) is 0 Å². The molecule has 0 aromatic rings. The summed E-state index contributed by atoms with van der Waals surface area (Å²) in [5.74, 6) is -0.592. The summed E-state index contributed by atoms with van der Waals surface area (Å²) in [6, 6.07) is 0. The summed E-state index contributed by atoms with van der Waals surface area (Å²) in [7, 11) is 1.28. The predicted molar refractivity (Wildman–Crippen MR) is 92.9 cm³/mol. The highest BCUT2D eigenvalue weighted by molar-refractivity contribution is 5.76. The lowest BCUT2D eigenvalue weighted by atomic mass is 10.0. The Morgan fingerprint density at radius 1 is 0.909 bits per heavy atom. The summed E-state index contributed by atoms with van der Waals surface area (Å²) in [5.41, 5.74) is 0. The monoisotopic (exact) mass is 312 g/mol. The Morgan fingerprint density at radius 3 is 1.82 bits per heavy atom. The molecule has 1 atom stereocenters. The molecule has 0 radical (unpaired) electrons. The number of carbonyl (C=O) groups is 1. The first-order valence-corrected chi connectivity index (χ1v) is 9.15. The van der Waals surface area contributed by atoms with Crippen LogP contribution in [0.3, 0.4) is 0 Å². The number of hydrogen-bond donors (Lipinski definition) is 1. The third kappa shape index (κ3) is 14.1. The zero-order valence-electron chi connectivity index (χ0n) is 14.7. The third-order valence-corrected chi connectivity index (χ3v) is 3.99. The van der Waals surface area contributed by atoms with E-state index in [9.17, 15) is 9.90 Å². The van der Waals surface area contributed by atoms with Crippen LogP contribution in [0.1, 0.15) is 90.4 Å². The van der Waals surface area contributed by atoms with Gasteiger partial charge in [-0.3, -0.25) is 0 Å². The van der Waals surface area contributed by atoms with Crippen LogP contribution in [0.4, 0.5) is 0 Å². The van der Waals surface area contributed by atoms with Crippen molar-refractivity contribution in [3.63, 3.8) is 0 Å². The minimum Gasteiger partial charge on any atom is -0.467 e. The number of hydrogen-bond acceptors (Lipinski definition) is 3. The van der Waals surface area contributed by atoms with Crippen molar-refractivity contribution >= 4 is 5.97 Å². The van der Waals surface area contributed by atoms with Gasteiger partial charge in [0.05, 0.1) is 7.11 Å². The minimum absolute atomic E-state index is 0.592. The van der Waals surface area contributed by atoms with Crippen molar-refractivity contribution in [2.24, 2.45) is 0 Å². The molecular weight excluding hydrogens is 276 g/mol. The maximum absolute atomic E-state index is 11.0. The highest BCUT2D eigenvalue weighted by Crippen LogP contribution is 2.12. The molecule has 0 spiro atoms. The molecule has 1 N–H and O–H groups in total. The van der Waals surface area contributed by atoms with Gasteiger partial charge < -0.3 is 9.84 Å². The fourth-order valence-electron chi connectivity index (χ4n) is 2.53. The van der Waals surface area contributed by atoms with Gasteiger partial charge >= 0.3 is 5.97 Å². The summed E-state index contributed by atoms with van der Waals surface area (Å²) >= 11 is 0. The average molecular weight is 312 g/mol. The minimum atomic E-state index is -1.11. The first-order valence-electron chi connectivity index (χ1n) is 9.15. The predicted octanol–water partition coefficient (Wildman–Crippen LogP) is 5.17. The van der Waals surface area contributed by atoms with E-state index in [0.29, 0.717) is 0 Å². The molecule has 0 aromatic heterocycles. The molecule has 22 heavy (non-hydrogen) atoms. The first-order chi connectivity index (χ1) is 10.7. The SMILES string of the molecule is CCCCCCCCCCCCCCC=CC(O)C(=O)OC. The number of rotatable bonds is 15. The van der Waals surface area contributed by atoms with E-state index in [4.69, 9.17) is 0 Å². The molecule has 0 aliphatic rings. The van der Waals surface area contributed by atoms with Crippen molar-refractivity contribution in [2.75, 3.05) is 7.11 Å². The number of aliphatic hydroxyl groups is 1. The Morgan fingerprint density at radius 2 is 1.36 bits per heavy atom. The molecule has 0 rings (SSSR count). The number of allylic oxidation sites excluding steroid dienone is 1. The summed E-state index contributed by atoms with van der Waals surface area (Å²) in [6.45, 7) is 2.26. The molecule has 0 fully saturated rings. The van der Waals surface area contributed by atoms with Crippen molar-refractivity contribution in [3.8, 4) is 0 Å². The average Bonchev–Trinajstić information content (AvgIpc) is 2.54. The Labute approximate surface area is 137 Å². The highest BCUT2D eigenvalue weighted by atomic mass is 16.5. The fourth-order valence-corrected chi connectivity index (χ4v) is 2.53. The van der Waals surface area contributed by atoms with Crippen LogP contribution >= 0.6 is 0 Å². The largest absolute Gasteiger partial charge is 0.467 e. The van der Waals surface area contributed by atoms with Crippen LogP contribution in [0.5, 0.6) is 0 Å². The van der Waals surface area contributed by atoms with Crippen LogP contribution in [-0.2, 0) is 9.53 Å². The summed E-state index contributed by atoms with van der Waals surface area (Å²) in [6.07, 6.45) is 19.3. The molecule has 0 aromatic carbocycles. The van der Waals surface area contributed by atoms with Crippen LogP contribution in [0.15, 0.2) is 12.2 Å². The second-order valence-corrected chi connectivity index (χ2v) is 6.07. The lowest BCUT2D eigenvalue weighted by Gasteiger charge is -2.03. The van der Waals surface area contributed by atoms with Gasteiger partial charge in [0, 0.05) is 0 Å². The van der Waals surface area contributed by atoms with E-state index in [1.807, 2.05) is 6.08 Å². The topological polar surface area (TPSA) is 46.5 Å². The number of ether oxygens (including phenoxy) is 1. The van der Waals surface area contributed by atoms with Crippen molar-refractivity contribution in [1.29, 1.82) is 0 Å². The van der Waals surface area contributed by atoms with Gasteiger partial charge in [-0.2, -0.15) is 0 Å². The Hall–Kier alpha value is -0.830. The summed E-state index contributed by atoms with van der Waals surface area (Å²) < 4.78 is 4.44. The Balaban J connectivity index is 3.20. The Kier molecular flexibility index (Phi) is 15.9. The van der Waals surface area contributed by atoms with Gasteiger partial charge in [0.15, 0.2) is 6.10 Å². The lowest BCUT2D eigenvalue weighted by molar-refractivity contribution is -0.147. The highest BCUT2D eigenvalue weighted by Gasteiger charge is 2.09. The van der Waals surface area contributed by atoms with Crippen LogP contribution in [-0.4, -0.2) is 24.3 Å². The fraction of sp³-hybridized carbons (Fsp3) is 0.842. The number of aliphatic hydroxyl groups excluding tert-OH is 1. The van der Waals surface area contributed by atoms with Gasteiger partial charge in [0.25, 0.3) is 0 Å². The first kappa shape index (κ1) is 21.2. The maximum Gasteiger partial charge on any atom is 0.338 e. The standard InChI is InChI=1S/C19H36O3/c1-3-4-5-6-7-8-9-10-11-12-13-14-15-16-17-18(20)19(21)22-2/h16-18,20H,3-15H2,1-2H3. The second-order valence-electron chi connectivity index (χ2n) is 6.07. The van der Waals surface area contributed by atoms with E-state index in [-0.39, 0.29) is 0 Å². The molecule has 1 unspecified atom stereocenters. The molecule has 0 saturated heterocycles. The number of methoxy groups -OCH3 is 1. The van der Waals surface area contributed by atoms with Crippen molar-refractivity contribution in [3.05, 3.63) is 12.2 Å². The number of unbranched alkanes of at least 4 members (excludes halogenated alkanes) is 12.